The van der Waals surface area contributed by atoms with Gasteiger partial charge < -0.3 is 24.7 Å². The number of hydrogen-bond acceptors (Lipinski definition) is 7. The second kappa shape index (κ2) is 8.68. The first-order valence-corrected chi connectivity index (χ1v) is 10.4. The van der Waals surface area contributed by atoms with Crippen LogP contribution < -0.4 is 20.1 Å². The van der Waals surface area contributed by atoms with Crippen molar-refractivity contribution in [2.75, 3.05) is 19.0 Å². The molecule has 2 aromatic carbocycles. The maximum absolute atomic E-state index is 6.23. The summed E-state index contributed by atoms with van der Waals surface area (Å²) in [6.45, 7) is 3.26. The molecule has 0 unspecified atom stereocenters. The van der Waals surface area contributed by atoms with E-state index in [9.17, 15) is 0 Å². The molecule has 0 aliphatic carbocycles. The molecule has 0 saturated heterocycles. The first-order chi connectivity index (χ1) is 15.7. The number of hydrogen-bond donors (Lipinski definition) is 2. The number of methoxy groups -OCH3 is 1. The monoisotopic (exact) mass is 428 g/mol. The molecular formula is C24H24N6O2. The zero-order valence-corrected chi connectivity index (χ0v) is 17.9. The van der Waals surface area contributed by atoms with Crippen LogP contribution in [0.25, 0.3) is 5.69 Å². The van der Waals surface area contributed by atoms with Crippen LogP contribution >= 0.6 is 0 Å². The molecule has 162 valence electrons. The first-order valence-electron chi connectivity index (χ1n) is 10.4. The number of aromatic nitrogens is 4. The second-order valence-corrected chi connectivity index (χ2v) is 7.59. The average molecular weight is 428 g/mol. The van der Waals surface area contributed by atoms with Gasteiger partial charge in [-0.05, 0) is 24.6 Å². The summed E-state index contributed by atoms with van der Waals surface area (Å²) in [5.41, 5.74) is 4.58. The van der Waals surface area contributed by atoms with Gasteiger partial charge in [0.25, 0.3) is 0 Å². The maximum Gasteiger partial charge on any atom is 0.239 e. The van der Waals surface area contributed by atoms with Gasteiger partial charge >= 0.3 is 0 Å². The molecule has 0 saturated carbocycles. The van der Waals surface area contributed by atoms with E-state index in [0.29, 0.717) is 24.8 Å². The zero-order chi connectivity index (χ0) is 21.9. The Kier molecular flexibility index (Phi) is 5.43. The van der Waals surface area contributed by atoms with Gasteiger partial charge in [-0.15, -0.1) is 0 Å². The van der Waals surface area contributed by atoms with Crippen LogP contribution in [0.2, 0.25) is 0 Å². The smallest absolute Gasteiger partial charge is 0.239 e. The average Bonchev–Trinajstić information content (AvgIpc) is 3.14. The highest BCUT2D eigenvalue weighted by atomic mass is 16.5. The predicted octanol–water partition coefficient (Wildman–Crippen LogP) is 3.95. The van der Waals surface area contributed by atoms with Crippen molar-refractivity contribution < 1.29 is 9.47 Å². The lowest BCUT2D eigenvalue weighted by Gasteiger charge is -2.17. The van der Waals surface area contributed by atoms with Crippen molar-refractivity contribution in [2.24, 2.45) is 0 Å². The maximum atomic E-state index is 6.23. The van der Waals surface area contributed by atoms with Crippen LogP contribution in [0.5, 0.6) is 11.6 Å². The molecule has 1 aliphatic rings. The van der Waals surface area contributed by atoms with Crippen molar-refractivity contribution in [1.29, 1.82) is 0 Å². The third-order valence-corrected chi connectivity index (χ3v) is 5.30. The molecule has 0 spiro atoms. The largest absolute Gasteiger partial charge is 0.494 e. The Labute approximate surface area is 186 Å². The van der Waals surface area contributed by atoms with Crippen molar-refractivity contribution >= 4 is 11.5 Å². The predicted molar refractivity (Wildman–Crippen MR) is 122 cm³/mol. The van der Waals surface area contributed by atoms with E-state index in [1.807, 2.05) is 54.1 Å². The fourth-order valence-corrected chi connectivity index (χ4v) is 3.69. The lowest BCUT2D eigenvalue weighted by atomic mass is 10.1. The van der Waals surface area contributed by atoms with Gasteiger partial charge in [0.1, 0.15) is 17.5 Å². The molecule has 0 radical (unpaired) electrons. The number of aryl methyl sites for hydroxylation is 1. The molecule has 32 heavy (non-hydrogen) atoms. The van der Waals surface area contributed by atoms with Gasteiger partial charge in [-0.1, -0.05) is 30.3 Å². The molecule has 4 aromatic rings. The summed E-state index contributed by atoms with van der Waals surface area (Å²) in [6.07, 6.45) is 5.32. The fraction of sp³-hybridized carbons (Fsp3) is 0.208. The minimum absolute atomic E-state index is 0.125. The second-order valence-electron chi connectivity index (χ2n) is 7.59. The number of rotatable bonds is 5. The lowest BCUT2D eigenvalue weighted by molar-refractivity contribution is 0.202. The number of anilines is 2. The number of imidazole rings is 1. The van der Waals surface area contributed by atoms with E-state index >= 15 is 0 Å². The summed E-state index contributed by atoms with van der Waals surface area (Å²) in [5.74, 6) is 1.86. The SMILES string of the molecule is COc1cc(Nc2cnc3c(n2)O[C@H](c2ccccc2)CNC3)ccc1-n1cnc(C)c1. The standard InChI is InChI=1S/C24H24N6O2/c1-16-14-30(15-27-16)20-9-8-18(10-21(20)31-2)28-23-13-26-19-11-25-12-22(32-24(19)29-23)17-6-4-3-5-7-17/h3-10,13-15,22,25H,11-12H2,1-2H3,(H,28,29)/t22-/m0/s1. The number of benzene rings is 2. The van der Waals surface area contributed by atoms with Gasteiger partial charge in [0.15, 0.2) is 5.82 Å². The van der Waals surface area contributed by atoms with E-state index < -0.39 is 0 Å². The molecule has 0 bridgehead atoms. The van der Waals surface area contributed by atoms with E-state index in [1.54, 1.807) is 19.6 Å². The molecule has 5 rings (SSSR count). The Morgan fingerprint density at radius 2 is 2.03 bits per heavy atom. The third-order valence-electron chi connectivity index (χ3n) is 5.30. The van der Waals surface area contributed by atoms with E-state index in [1.165, 1.54) is 0 Å². The van der Waals surface area contributed by atoms with Gasteiger partial charge in [-0.2, -0.15) is 4.98 Å². The quantitative estimate of drug-likeness (QED) is 0.498. The van der Waals surface area contributed by atoms with E-state index in [4.69, 9.17) is 14.5 Å². The van der Waals surface area contributed by atoms with Gasteiger partial charge in [0.05, 0.1) is 31.0 Å². The molecule has 1 atom stereocenters. The van der Waals surface area contributed by atoms with Crippen molar-refractivity contribution in [3.05, 3.63) is 84.2 Å². The first kappa shape index (κ1) is 20.0. The van der Waals surface area contributed by atoms with E-state index in [0.717, 1.165) is 34.1 Å². The third kappa shape index (κ3) is 4.13. The van der Waals surface area contributed by atoms with Crippen LogP contribution in [0, 0.1) is 6.92 Å². The number of nitrogens with zero attached hydrogens (tertiary/aromatic N) is 4. The van der Waals surface area contributed by atoms with Crippen molar-refractivity contribution in [3.63, 3.8) is 0 Å². The summed E-state index contributed by atoms with van der Waals surface area (Å²) in [5, 5.41) is 6.70. The van der Waals surface area contributed by atoms with Crippen LogP contribution in [0.4, 0.5) is 11.5 Å². The van der Waals surface area contributed by atoms with Crippen LogP contribution in [0.3, 0.4) is 0 Å². The van der Waals surface area contributed by atoms with Gasteiger partial charge in [0, 0.05) is 31.0 Å². The Morgan fingerprint density at radius 3 is 2.81 bits per heavy atom. The Morgan fingerprint density at radius 1 is 1.16 bits per heavy atom. The minimum Gasteiger partial charge on any atom is -0.494 e. The molecule has 1 aliphatic heterocycles. The summed E-state index contributed by atoms with van der Waals surface area (Å²) < 4.78 is 13.8. The van der Waals surface area contributed by atoms with Crippen LogP contribution in [0.15, 0.2) is 67.3 Å². The minimum atomic E-state index is -0.125. The molecule has 8 heteroatoms. The van der Waals surface area contributed by atoms with Crippen molar-refractivity contribution in [2.45, 2.75) is 19.6 Å². The van der Waals surface area contributed by atoms with Gasteiger partial charge in [-0.25, -0.2) is 4.98 Å². The molecule has 2 aromatic heterocycles. The van der Waals surface area contributed by atoms with Crippen LogP contribution in [-0.2, 0) is 6.54 Å². The van der Waals surface area contributed by atoms with Crippen molar-refractivity contribution in [1.82, 2.24) is 24.8 Å². The number of fused-ring (bicyclic) bond motifs is 1. The highest BCUT2D eigenvalue weighted by molar-refractivity contribution is 5.63. The number of ether oxygens (including phenoxy) is 2. The van der Waals surface area contributed by atoms with Crippen molar-refractivity contribution in [3.8, 4) is 17.3 Å². The van der Waals surface area contributed by atoms with Crippen LogP contribution in [0.1, 0.15) is 23.1 Å². The highest BCUT2D eigenvalue weighted by Gasteiger charge is 2.21. The summed E-state index contributed by atoms with van der Waals surface area (Å²) in [4.78, 5) is 13.5. The van der Waals surface area contributed by atoms with Gasteiger partial charge in [-0.3, -0.25) is 4.98 Å². The normalized spacial score (nSPS) is 15.4. The summed E-state index contributed by atoms with van der Waals surface area (Å²) in [7, 11) is 1.65. The Balaban J connectivity index is 1.39. The molecule has 3 heterocycles. The highest BCUT2D eigenvalue weighted by Crippen LogP contribution is 2.30. The molecule has 0 amide bonds. The van der Waals surface area contributed by atoms with Gasteiger partial charge in [0.2, 0.25) is 5.88 Å². The Bertz CT molecular complexity index is 1220. The molecular weight excluding hydrogens is 404 g/mol. The zero-order valence-electron chi connectivity index (χ0n) is 17.9. The fourth-order valence-electron chi connectivity index (χ4n) is 3.69. The lowest BCUT2D eigenvalue weighted by Crippen LogP contribution is -2.21. The number of nitrogens with one attached hydrogen (secondary N) is 2. The molecule has 8 nitrogen and oxygen atoms in total. The Hall–Kier alpha value is -3.91. The van der Waals surface area contributed by atoms with Crippen LogP contribution in [-0.4, -0.2) is 33.2 Å². The topological polar surface area (TPSA) is 86.1 Å². The molecule has 2 N–H and O–H groups in total. The van der Waals surface area contributed by atoms with E-state index in [2.05, 4.69) is 32.7 Å². The summed E-state index contributed by atoms with van der Waals surface area (Å²) >= 11 is 0. The molecule has 0 fully saturated rings. The summed E-state index contributed by atoms with van der Waals surface area (Å²) in [6, 6.07) is 16.0. The van der Waals surface area contributed by atoms with E-state index in [-0.39, 0.29) is 6.10 Å².